The van der Waals surface area contributed by atoms with E-state index in [0.717, 1.165) is 5.69 Å². The molecule has 0 atom stereocenters. The van der Waals surface area contributed by atoms with Crippen LogP contribution in [0.15, 0.2) is 41.3 Å². The first-order chi connectivity index (χ1) is 12.7. The van der Waals surface area contributed by atoms with Crippen molar-refractivity contribution in [3.05, 3.63) is 64.0 Å². The zero-order valence-electron chi connectivity index (χ0n) is 15.8. The first kappa shape index (κ1) is 18.5. The molecule has 0 aromatic carbocycles. The maximum atomic E-state index is 12.5. The molecule has 3 aromatic rings. The van der Waals surface area contributed by atoms with Gasteiger partial charge < -0.3 is 10.3 Å². The molecule has 0 spiro atoms. The lowest BCUT2D eigenvalue weighted by atomic mass is 9.92. The molecule has 0 radical (unpaired) electrons. The SMILES string of the molecule is Cn1nc(C(C)(C)C)cc1C(=O)NCc1cc(=O)[nH]c(-c2ccccn2)n1. The quantitative estimate of drug-likeness (QED) is 0.732. The second-order valence-corrected chi connectivity index (χ2v) is 7.27. The Morgan fingerprint density at radius 1 is 1.26 bits per heavy atom. The van der Waals surface area contributed by atoms with Gasteiger partial charge in [-0.2, -0.15) is 5.10 Å². The molecule has 1 amide bonds. The number of carbonyl (C=O) groups excluding carboxylic acids is 1. The van der Waals surface area contributed by atoms with Crippen LogP contribution in [0.4, 0.5) is 0 Å². The molecule has 3 rings (SSSR count). The van der Waals surface area contributed by atoms with Crippen LogP contribution in [0.5, 0.6) is 0 Å². The first-order valence-corrected chi connectivity index (χ1v) is 8.58. The molecule has 2 N–H and O–H groups in total. The van der Waals surface area contributed by atoms with Gasteiger partial charge in [-0.15, -0.1) is 0 Å². The smallest absolute Gasteiger partial charge is 0.269 e. The summed E-state index contributed by atoms with van der Waals surface area (Å²) in [5, 5.41) is 7.19. The van der Waals surface area contributed by atoms with Crippen molar-refractivity contribution in [3.63, 3.8) is 0 Å². The van der Waals surface area contributed by atoms with Crippen LogP contribution < -0.4 is 10.9 Å². The fourth-order valence-corrected chi connectivity index (χ4v) is 2.53. The Bertz CT molecular complexity index is 1010. The van der Waals surface area contributed by atoms with Gasteiger partial charge in [-0.3, -0.25) is 19.3 Å². The van der Waals surface area contributed by atoms with E-state index in [4.69, 9.17) is 0 Å². The molecule has 3 heterocycles. The minimum atomic E-state index is -0.301. The molecule has 0 fully saturated rings. The van der Waals surface area contributed by atoms with Crippen LogP contribution in [0.2, 0.25) is 0 Å². The van der Waals surface area contributed by atoms with Crippen molar-refractivity contribution >= 4 is 5.91 Å². The summed E-state index contributed by atoms with van der Waals surface area (Å²) < 4.78 is 1.56. The molecule has 140 valence electrons. The molecule has 8 heteroatoms. The van der Waals surface area contributed by atoms with Gasteiger partial charge in [0.1, 0.15) is 11.4 Å². The van der Waals surface area contributed by atoms with Gasteiger partial charge in [0.15, 0.2) is 5.82 Å². The summed E-state index contributed by atoms with van der Waals surface area (Å²) in [6, 6.07) is 8.48. The van der Waals surface area contributed by atoms with E-state index in [9.17, 15) is 9.59 Å². The van der Waals surface area contributed by atoms with E-state index < -0.39 is 0 Å². The number of amides is 1. The van der Waals surface area contributed by atoms with Gasteiger partial charge in [0, 0.05) is 24.7 Å². The molecular weight excluding hydrogens is 344 g/mol. The van der Waals surface area contributed by atoms with Gasteiger partial charge in [0.2, 0.25) is 0 Å². The highest BCUT2D eigenvalue weighted by Crippen LogP contribution is 2.21. The Labute approximate surface area is 156 Å². The van der Waals surface area contributed by atoms with Crippen molar-refractivity contribution in [3.8, 4) is 11.5 Å². The fraction of sp³-hybridized carbons (Fsp3) is 0.316. The summed E-state index contributed by atoms with van der Waals surface area (Å²) in [5.74, 6) is 0.0878. The molecular formula is C19H22N6O2. The Morgan fingerprint density at radius 3 is 2.67 bits per heavy atom. The van der Waals surface area contributed by atoms with Gasteiger partial charge in [0.05, 0.1) is 17.9 Å². The minimum Gasteiger partial charge on any atom is -0.345 e. The van der Waals surface area contributed by atoms with E-state index in [2.05, 4.69) is 25.4 Å². The van der Waals surface area contributed by atoms with Gasteiger partial charge in [-0.25, -0.2) is 4.98 Å². The number of hydrogen-bond acceptors (Lipinski definition) is 5. The molecule has 0 bridgehead atoms. The lowest BCUT2D eigenvalue weighted by molar-refractivity contribution is 0.0941. The van der Waals surface area contributed by atoms with E-state index in [1.165, 1.54) is 6.07 Å². The van der Waals surface area contributed by atoms with Crippen molar-refractivity contribution in [2.45, 2.75) is 32.7 Å². The van der Waals surface area contributed by atoms with Crippen molar-refractivity contribution in [2.24, 2.45) is 7.05 Å². The number of rotatable bonds is 4. The Morgan fingerprint density at radius 2 is 2.04 bits per heavy atom. The molecule has 0 aliphatic heterocycles. The minimum absolute atomic E-state index is 0.124. The van der Waals surface area contributed by atoms with E-state index in [0.29, 0.717) is 22.9 Å². The number of carbonyl (C=O) groups is 1. The number of pyridine rings is 1. The van der Waals surface area contributed by atoms with Gasteiger partial charge in [0.25, 0.3) is 11.5 Å². The lowest BCUT2D eigenvalue weighted by Crippen LogP contribution is -2.26. The van der Waals surface area contributed by atoms with Crippen molar-refractivity contribution in [2.75, 3.05) is 0 Å². The summed E-state index contributed by atoms with van der Waals surface area (Å²) in [5.41, 5.74) is 1.85. The van der Waals surface area contributed by atoms with Crippen LogP contribution in [-0.4, -0.2) is 30.6 Å². The summed E-state index contributed by atoms with van der Waals surface area (Å²) in [4.78, 5) is 35.7. The highest BCUT2D eigenvalue weighted by molar-refractivity contribution is 5.92. The molecule has 3 aromatic heterocycles. The second kappa shape index (κ2) is 7.14. The van der Waals surface area contributed by atoms with E-state index in [-0.39, 0.29) is 23.4 Å². The standard InChI is InChI=1S/C19H22N6O2/c1-19(2,3)15-10-14(25(4)24-15)18(27)21-11-12-9-16(26)23-17(22-12)13-7-5-6-8-20-13/h5-10H,11H2,1-4H3,(H,21,27)(H,22,23,26). The number of nitrogens with zero attached hydrogens (tertiary/aromatic N) is 4. The molecule has 0 saturated heterocycles. The molecule has 0 unspecified atom stereocenters. The van der Waals surface area contributed by atoms with Gasteiger partial charge >= 0.3 is 0 Å². The fourth-order valence-electron chi connectivity index (χ4n) is 2.53. The molecule has 0 aliphatic rings. The van der Waals surface area contributed by atoms with Gasteiger partial charge in [-0.1, -0.05) is 26.8 Å². The zero-order chi connectivity index (χ0) is 19.6. The van der Waals surface area contributed by atoms with E-state index in [1.54, 1.807) is 36.1 Å². The Balaban J connectivity index is 1.77. The normalized spacial score (nSPS) is 11.4. The van der Waals surface area contributed by atoms with Crippen LogP contribution in [0.25, 0.3) is 11.5 Å². The third-order valence-electron chi connectivity index (χ3n) is 4.01. The number of nitrogens with one attached hydrogen (secondary N) is 2. The number of aryl methyl sites for hydroxylation is 1. The van der Waals surface area contributed by atoms with E-state index >= 15 is 0 Å². The first-order valence-electron chi connectivity index (χ1n) is 8.58. The maximum absolute atomic E-state index is 12.5. The lowest BCUT2D eigenvalue weighted by Gasteiger charge is -2.13. The average Bonchev–Trinajstić information content (AvgIpc) is 3.02. The van der Waals surface area contributed by atoms with E-state index in [1.807, 2.05) is 26.8 Å². The number of hydrogen-bond donors (Lipinski definition) is 2. The van der Waals surface area contributed by atoms with Crippen LogP contribution in [-0.2, 0) is 19.0 Å². The van der Waals surface area contributed by atoms with Crippen LogP contribution in [0.1, 0.15) is 42.6 Å². The second-order valence-electron chi connectivity index (χ2n) is 7.27. The molecule has 8 nitrogen and oxygen atoms in total. The molecule has 0 aliphatic carbocycles. The van der Waals surface area contributed by atoms with Crippen LogP contribution >= 0.6 is 0 Å². The summed E-state index contributed by atoms with van der Waals surface area (Å²) in [6.07, 6.45) is 1.62. The largest absolute Gasteiger partial charge is 0.345 e. The molecule has 0 saturated carbocycles. The van der Waals surface area contributed by atoms with Crippen molar-refractivity contribution in [1.82, 2.24) is 30.0 Å². The third kappa shape index (κ3) is 4.28. The predicted molar refractivity (Wildman–Crippen MR) is 101 cm³/mol. The topological polar surface area (TPSA) is 106 Å². The average molecular weight is 366 g/mol. The van der Waals surface area contributed by atoms with Gasteiger partial charge in [-0.05, 0) is 18.2 Å². The highest BCUT2D eigenvalue weighted by Gasteiger charge is 2.21. The summed E-state index contributed by atoms with van der Waals surface area (Å²) >= 11 is 0. The number of aromatic nitrogens is 5. The van der Waals surface area contributed by atoms with Crippen molar-refractivity contribution in [1.29, 1.82) is 0 Å². The van der Waals surface area contributed by atoms with Crippen molar-refractivity contribution < 1.29 is 4.79 Å². The third-order valence-corrected chi connectivity index (χ3v) is 4.01. The zero-order valence-corrected chi connectivity index (χ0v) is 15.8. The predicted octanol–water partition coefficient (Wildman–Crippen LogP) is 1.79. The number of H-pyrrole nitrogens is 1. The highest BCUT2D eigenvalue weighted by atomic mass is 16.2. The van der Waals surface area contributed by atoms with Crippen LogP contribution in [0.3, 0.4) is 0 Å². The summed E-state index contributed by atoms with van der Waals surface area (Å²) in [6.45, 7) is 6.24. The Kier molecular flexibility index (Phi) is 4.89. The maximum Gasteiger partial charge on any atom is 0.269 e. The molecule has 27 heavy (non-hydrogen) atoms. The monoisotopic (exact) mass is 366 g/mol. The van der Waals surface area contributed by atoms with Crippen LogP contribution in [0, 0.1) is 0 Å². The number of aromatic amines is 1. The summed E-state index contributed by atoms with van der Waals surface area (Å²) in [7, 11) is 1.73. The Hall–Kier alpha value is -3.29.